The standard InChI is InChI=1S/C9H10O4/c1-11-4-6-2-7(10)9-8(3-6)12-5-13-9/h2-3,10H,4-5H2,1H3. The minimum absolute atomic E-state index is 0.0991. The molecule has 1 aromatic rings. The van der Waals surface area contributed by atoms with Crippen LogP contribution in [0, 0.1) is 0 Å². The molecule has 1 aliphatic rings. The highest BCUT2D eigenvalue weighted by atomic mass is 16.7. The van der Waals surface area contributed by atoms with Crippen LogP contribution < -0.4 is 9.47 Å². The fourth-order valence-corrected chi connectivity index (χ4v) is 1.30. The smallest absolute Gasteiger partial charge is 0.231 e. The first-order chi connectivity index (χ1) is 6.31. The molecule has 0 unspecified atom stereocenters. The van der Waals surface area contributed by atoms with Crippen molar-refractivity contribution >= 4 is 0 Å². The number of ether oxygens (including phenoxy) is 3. The minimum atomic E-state index is 0.0991. The van der Waals surface area contributed by atoms with Gasteiger partial charge >= 0.3 is 0 Å². The second-order valence-corrected chi connectivity index (χ2v) is 2.78. The third kappa shape index (κ3) is 1.40. The summed E-state index contributed by atoms with van der Waals surface area (Å²) in [6.07, 6.45) is 0. The molecule has 0 spiro atoms. The van der Waals surface area contributed by atoms with Crippen LogP contribution >= 0.6 is 0 Å². The highest BCUT2D eigenvalue weighted by Crippen LogP contribution is 2.41. The van der Waals surface area contributed by atoms with Crippen molar-refractivity contribution in [1.82, 2.24) is 0 Å². The van der Waals surface area contributed by atoms with Crippen LogP contribution in [-0.4, -0.2) is 19.0 Å². The van der Waals surface area contributed by atoms with Crippen LogP contribution in [-0.2, 0) is 11.3 Å². The van der Waals surface area contributed by atoms with Crippen LogP contribution in [0.1, 0.15) is 5.56 Å². The summed E-state index contributed by atoms with van der Waals surface area (Å²) in [6, 6.07) is 3.41. The maximum atomic E-state index is 9.48. The third-order valence-electron chi connectivity index (χ3n) is 1.82. The summed E-state index contributed by atoms with van der Waals surface area (Å²) in [5.41, 5.74) is 0.865. The lowest BCUT2D eigenvalue weighted by Gasteiger charge is -2.03. The summed E-state index contributed by atoms with van der Waals surface area (Å²) >= 11 is 0. The zero-order valence-corrected chi connectivity index (χ0v) is 7.24. The number of rotatable bonds is 2. The number of fused-ring (bicyclic) bond motifs is 1. The first-order valence-electron chi connectivity index (χ1n) is 3.91. The van der Waals surface area contributed by atoms with E-state index in [2.05, 4.69) is 0 Å². The molecular formula is C9H10O4. The van der Waals surface area contributed by atoms with Gasteiger partial charge in [0.1, 0.15) is 0 Å². The van der Waals surface area contributed by atoms with E-state index in [4.69, 9.17) is 14.2 Å². The van der Waals surface area contributed by atoms with Crippen molar-refractivity contribution in [2.75, 3.05) is 13.9 Å². The molecule has 0 amide bonds. The van der Waals surface area contributed by atoms with Crippen LogP contribution in [0.4, 0.5) is 0 Å². The van der Waals surface area contributed by atoms with Gasteiger partial charge in [0.25, 0.3) is 0 Å². The predicted octanol–water partition coefficient (Wildman–Crippen LogP) is 1.27. The van der Waals surface area contributed by atoms with Gasteiger partial charge in [-0.2, -0.15) is 0 Å². The van der Waals surface area contributed by atoms with Crippen LogP contribution in [0.2, 0.25) is 0 Å². The van der Waals surface area contributed by atoms with Crippen molar-refractivity contribution in [3.63, 3.8) is 0 Å². The minimum Gasteiger partial charge on any atom is -0.504 e. The Labute approximate surface area is 75.7 Å². The summed E-state index contributed by atoms with van der Waals surface area (Å²) in [5, 5.41) is 9.48. The van der Waals surface area contributed by atoms with Crippen LogP contribution in [0.25, 0.3) is 0 Å². The van der Waals surface area contributed by atoms with E-state index in [9.17, 15) is 5.11 Å². The van der Waals surface area contributed by atoms with E-state index in [1.54, 1.807) is 19.2 Å². The number of phenolic OH excluding ortho intramolecular Hbond substituents is 1. The van der Waals surface area contributed by atoms with Gasteiger partial charge in [-0.1, -0.05) is 0 Å². The van der Waals surface area contributed by atoms with Gasteiger partial charge in [0.2, 0.25) is 12.5 Å². The molecule has 0 atom stereocenters. The van der Waals surface area contributed by atoms with Gasteiger partial charge in [0, 0.05) is 7.11 Å². The predicted molar refractivity (Wildman–Crippen MR) is 44.9 cm³/mol. The molecule has 1 aliphatic heterocycles. The third-order valence-corrected chi connectivity index (χ3v) is 1.82. The van der Waals surface area contributed by atoms with Crippen molar-refractivity contribution in [2.24, 2.45) is 0 Å². The lowest BCUT2D eigenvalue weighted by Crippen LogP contribution is -1.93. The Balaban J connectivity index is 2.37. The number of methoxy groups -OCH3 is 1. The van der Waals surface area contributed by atoms with Gasteiger partial charge in [-0.05, 0) is 17.7 Å². The first kappa shape index (κ1) is 8.19. The fourth-order valence-electron chi connectivity index (χ4n) is 1.30. The molecule has 1 aromatic carbocycles. The molecule has 1 N–H and O–H groups in total. The Kier molecular flexibility index (Phi) is 1.98. The molecule has 2 rings (SSSR count). The number of hydrogen-bond acceptors (Lipinski definition) is 4. The van der Waals surface area contributed by atoms with E-state index in [0.29, 0.717) is 18.1 Å². The lowest BCUT2D eigenvalue weighted by molar-refractivity contribution is 0.171. The van der Waals surface area contributed by atoms with Gasteiger partial charge in [-0.3, -0.25) is 0 Å². The summed E-state index contributed by atoms with van der Waals surface area (Å²) in [6.45, 7) is 0.615. The maximum Gasteiger partial charge on any atom is 0.231 e. The van der Waals surface area contributed by atoms with Gasteiger partial charge in [0.05, 0.1) is 6.61 Å². The number of aromatic hydroxyl groups is 1. The second kappa shape index (κ2) is 3.14. The Bertz CT molecular complexity index is 322. The number of hydrogen-bond donors (Lipinski definition) is 1. The van der Waals surface area contributed by atoms with Crippen molar-refractivity contribution < 1.29 is 19.3 Å². The highest BCUT2D eigenvalue weighted by molar-refractivity contribution is 5.54. The van der Waals surface area contributed by atoms with Crippen molar-refractivity contribution in [3.8, 4) is 17.2 Å². The summed E-state index contributed by atoms with van der Waals surface area (Å²) in [4.78, 5) is 0. The average Bonchev–Trinajstić information content (AvgIpc) is 2.53. The summed E-state index contributed by atoms with van der Waals surface area (Å²) in [5.74, 6) is 1.09. The van der Waals surface area contributed by atoms with Crippen molar-refractivity contribution in [1.29, 1.82) is 0 Å². The fraction of sp³-hybridized carbons (Fsp3) is 0.333. The number of phenols is 1. The second-order valence-electron chi connectivity index (χ2n) is 2.78. The molecule has 0 fully saturated rings. The van der Waals surface area contributed by atoms with Gasteiger partial charge < -0.3 is 19.3 Å². The summed E-state index contributed by atoms with van der Waals surface area (Å²) < 4.78 is 15.1. The van der Waals surface area contributed by atoms with E-state index in [-0.39, 0.29) is 12.5 Å². The van der Waals surface area contributed by atoms with Gasteiger partial charge in [-0.15, -0.1) is 0 Å². The maximum absolute atomic E-state index is 9.48. The van der Waals surface area contributed by atoms with Gasteiger partial charge in [-0.25, -0.2) is 0 Å². The molecule has 0 saturated carbocycles. The molecule has 0 bridgehead atoms. The summed E-state index contributed by atoms with van der Waals surface area (Å²) in [7, 11) is 1.60. The quantitative estimate of drug-likeness (QED) is 0.748. The Morgan fingerprint density at radius 1 is 1.46 bits per heavy atom. The van der Waals surface area contributed by atoms with E-state index in [0.717, 1.165) is 5.56 Å². The SMILES string of the molecule is COCc1cc(O)c2c(c1)OCO2. The zero-order chi connectivity index (χ0) is 9.26. The molecule has 4 nitrogen and oxygen atoms in total. The molecule has 13 heavy (non-hydrogen) atoms. The van der Waals surface area contributed by atoms with Crippen molar-refractivity contribution in [3.05, 3.63) is 17.7 Å². The van der Waals surface area contributed by atoms with E-state index >= 15 is 0 Å². The molecular weight excluding hydrogens is 172 g/mol. The lowest BCUT2D eigenvalue weighted by atomic mass is 10.2. The van der Waals surface area contributed by atoms with E-state index in [1.807, 2.05) is 0 Å². The normalized spacial score (nSPS) is 13.3. The topological polar surface area (TPSA) is 47.9 Å². The zero-order valence-electron chi connectivity index (χ0n) is 7.24. The van der Waals surface area contributed by atoms with Crippen LogP contribution in [0.3, 0.4) is 0 Å². The van der Waals surface area contributed by atoms with Gasteiger partial charge in [0.15, 0.2) is 11.5 Å². The Morgan fingerprint density at radius 2 is 2.31 bits per heavy atom. The largest absolute Gasteiger partial charge is 0.504 e. The number of benzene rings is 1. The Morgan fingerprint density at radius 3 is 3.08 bits per heavy atom. The molecule has 70 valence electrons. The molecule has 1 heterocycles. The van der Waals surface area contributed by atoms with Crippen molar-refractivity contribution in [2.45, 2.75) is 6.61 Å². The molecule has 4 heteroatoms. The van der Waals surface area contributed by atoms with Crippen LogP contribution in [0.15, 0.2) is 12.1 Å². The Hall–Kier alpha value is -1.42. The monoisotopic (exact) mass is 182 g/mol. The highest BCUT2D eigenvalue weighted by Gasteiger charge is 2.18. The molecule has 0 aliphatic carbocycles. The average molecular weight is 182 g/mol. The first-order valence-corrected chi connectivity index (χ1v) is 3.91. The molecule has 0 aromatic heterocycles. The van der Waals surface area contributed by atoms with Crippen LogP contribution in [0.5, 0.6) is 17.2 Å². The molecule has 0 saturated heterocycles. The van der Waals surface area contributed by atoms with E-state index < -0.39 is 0 Å². The van der Waals surface area contributed by atoms with E-state index in [1.165, 1.54) is 0 Å². The molecule has 0 radical (unpaired) electrons.